The van der Waals surface area contributed by atoms with Crippen LogP contribution in [0.1, 0.15) is 21.8 Å². The third-order valence-corrected chi connectivity index (χ3v) is 3.20. The van der Waals surface area contributed by atoms with Gasteiger partial charge in [-0.05, 0) is 37.3 Å². The molecule has 0 aliphatic heterocycles. The van der Waals surface area contributed by atoms with Crippen LogP contribution in [-0.2, 0) is 6.54 Å². The van der Waals surface area contributed by atoms with Gasteiger partial charge >= 0.3 is 0 Å². The van der Waals surface area contributed by atoms with Crippen molar-refractivity contribution in [2.24, 2.45) is 0 Å². The predicted molar refractivity (Wildman–Crippen MR) is 86.4 cm³/mol. The number of rotatable bonds is 5. The smallest absolute Gasteiger partial charge is 0.270 e. The van der Waals surface area contributed by atoms with Crippen molar-refractivity contribution < 1.29 is 9.21 Å². The van der Waals surface area contributed by atoms with Crippen molar-refractivity contribution in [3.05, 3.63) is 71.9 Å². The summed E-state index contributed by atoms with van der Waals surface area (Å²) in [7, 11) is 0. The van der Waals surface area contributed by atoms with Crippen LogP contribution < -0.4 is 10.6 Å². The van der Waals surface area contributed by atoms with E-state index in [0.717, 1.165) is 5.69 Å². The maximum absolute atomic E-state index is 12.1. The fourth-order valence-electron chi connectivity index (χ4n) is 1.98. The van der Waals surface area contributed by atoms with E-state index in [4.69, 9.17) is 4.42 Å². The van der Waals surface area contributed by atoms with E-state index in [2.05, 4.69) is 20.6 Å². The number of carbonyl (C=O) groups excluding carboxylic acids is 1. The Morgan fingerprint density at radius 2 is 2.00 bits per heavy atom. The summed E-state index contributed by atoms with van der Waals surface area (Å²) in [4.78, 5) is 20.5. The summed E-state index contributed by atoms with van der Waals surface area (Å²) in [6, 6.07) is 13.0. The number of amides is 1. The number of aromatic nitrogens is 2. The van der Waals surface area contributed by atoms with Gasteiger partial charge in [0, 0.05) is 11.9 Å². The molecule has 2 N–H and O–H groups in total. The molecule has 1 aromatic carbocycles. The monoisotopic (exact) mass is 308 g/mol. The summed E-state index contributed by atoms with van der Waals surface area (Å²) in [5.74, 6) is 0.778. The molecule has 0 radical (unpaired) electrons. The van der Waals surface area contributed by atoms with Crippen molar-refractivity contribution in [1.82, 2.24) is 15.3 Å². The topological polar surface area (TPSA) is 80.0 Å². The lowest BCUT2D eigenvalue weighted by Crippen LogP contribution is -2.23. The fraction of sp³-hybridized carbons (Fsp3) is 0.118. The minimum atomic E-state index is -0.282. The highest BCUT2D eigenvalue weighted by atomic mass is 16.3. The molecular weight excluding hydrogens is 292 g/mol. The molecule has 3 rings (SSSR count). The number of carbonyl (C=O) groups is 1. The highest BCUT2D eigenvalue weighted by molar-refractivity contribution is 5.92. The lowest BCUT2D eigenvalue weighted by atomic mass is 10.2. The first-order chi connectivity index (χ1) is 11.2. The molecule has 0 fully saturated rings. The number of hydrogen-bond donors (Lipinski definition) is 2. The molecule has 0 spiro atoms. The molecule has 23 heavy (non-hydrogen) atoms. The minimum Gasteiger partial charge on any atom is -0.467 e. The molecule has 0 aliphatic carbocycles. The van der Waals surface area contributed by atoms with Crippen LogP contribution in [0.4, 0.5) is 11.6 Å². The van der Waals surface area contributed by atoms with Gasteiger partial charge in [0.05, 0.1) is 12.8 Å². The Hall–Kier alpha value is -3.15. The lowest BCUT2D eigenvalue weighted by molar-refractivity contribution is 0.0943. The van der Waals surface area contributed by atoms with Gasteiger partial charge in [0.15, 0.2) is 0 Å². The lowest BCUT2D eigenvalue weighted by Gasteiger charge is -2.07. The number of nitrogens with zero attached hydrogens (tertiary/aromatic N) is 2. The maximum atomic E-state index is 12.1. The summed E-state index contributed by atoms with van der Waals surface area (Å²) in [5, 5.41) is 5.82. The maximum Gasteiger partial charge on any atom is 0.270 e. The third-order valence-electron chi connectivity index (χ3n) is 3.20. The van der Waals surface area contributed by atoms with Gasteiger partial charge < -0.3 is 15.1 Å². The number of aryl methyl sites for hydroxylation is 1. The van der Waals surface area contributed by atoms with Gasteiger partial charge in [-0.2, -0.15) is 0 Å². The molecule has 6 nitrogen and oxygen atoms in total. The second-order valence-electron chi connectivity index (χ2n) is 5.02. The van der Waals surface area contributed by atoms with Crippen molar-refractivity contribution in [2.75, 3.05) is 5.32 Å². The van der Waals surface area contributed by atoms with E-state index in [0.29, 0.717) is 23.9 Å². The first kappa shape index (κ1) is 14.8. The molecule has 0 aliphatic rings. The van der Waals surface area contributed by atoms with E-state index in [1.165, 1.54) is 5.56 Å². The van der Waals surface area contributed by atoms with E-state index in [1.54, 1.807) is 30.7 Å². The zero-order valence-corrected chi connectivity index (χ0v) is 12.6. The molecule has 0 saturated heterocycles. The van der Waals surface area contributed by atoms with Gasteiger partial charge in [-0.25, -0.2) is 9.97 Å². The van der Waals surface area contributed by atoms with Gasteiger partial charge in [-0.1, -0.05) is 17.7 Å². The van der Waals surface area contributed by atoms with E-state index in [-0.39, 0.29) is 5.91 Å². The van der Waals surface area contributed by atoms with Crippen molar-refractivity contribution in [3.8, 4) is 0 Å². The number of nitrogens with one attached hydrogen (secondary N) is 2. The predicted octanol–water partition coefficient (Wildman–Crippen LogP) is 3.05. The highest BCUT2D eigenvalue weighted by Crippen LogP contribution is 2.13. The third kappa shape index (κ3) is 3.94. The molecule has 2 aromatic heterocycles. The molecule has 0 unspecified atom stereocenters. The average Bonchev–Trinajstić information content (AvgIpc) is 3.08. The summed E-state index contributed by atoms with van der Waals surface area (Å²) in [5.41, 5.74) is 2.33. The minimum absolute atomic E-state index is 0.282. The van der Waals surface area contributed by atoms with Crippen LogP contribution in [0, 0.1) is 6.92 Å². The highest BCUT2D eigenvalue weighted by Gasteiger charge is 2.09. The van der Waals surface area contributed by atoms with E-state index < -0.39 is 0 Å². The van der Waals surface area contributed by atoms with Gasteiger partial charge in [-0.15, -0.1) is 0 Å². The Bertz CT molecular complexity index is 783. The molecule has 0 bridgehead atoms. The van der Waals surface area contributed by atoms with Crippen molar-refractivity contribution in [2.45, 2.75) is 13.5 Å². The van der Waals surface area contributed by atoms with Crippen LogP contribution in [0.25, 0.3) is 0 Å². The van der Waals surface area contributed by atoms with Crippen molar-refractivity contribution in [1.29, 1.82) is 0 Å². The molecule has 0 atom stereocenters. The van der Waals surface area contributed by atoms with Crippen molar-refractivity contribution >= 4 is 17.5 Å². The molecule has 0 saturated carbocycles. The number of hydrogen-bond acceptors (Lipinski definition) is 5. The number of furan rings is 1. The van der Waals surface area contributed by atoms with Crippen LogP contribution in [-0.4, -0.2) is 15.9 Å². The Morgan fingerprint density at radius 1 is 1.17 bits per heavy atom. The van der Waals surface area contributed by atoms with Crippen molar-refractivity contribution in [3.63, 3.8) is 0 Å². The second-order valence-corrected chi connectivity index (χ2v) is 5.02. The molecular formula is C17H16N4O2. The van der Waals surface area contributed by atoms with Crippen LogP contribution >= 0.6 is 0 Å². The van der Waals surface area contributed by atoms with Crippen LogP contribution in [0.15, 0.2) is 59.3 Å². The Labute approximate surface area is 133 Å². The van der Waals surface area contributed by atoms with Crippen LogP contribution in [0.5, 0.6) is 0 Å². The van der Waals surface area contributed by atoms with Crippen LogP contribution in [0.3, 0.4) is 0 Å². The first-order valence-electron chi connectivity index (χ1n) is 7.18. The average molecular weight is 308 g/mol. The van der Waals surface area contributed by atoms with Gasteiger partial charge in [0.25, 0.3) is 5.91 Å². The molecule has 2 heterocycles. The van der Waals surface area contributed by atoms with E-state index in [9.17, 15) is 4.79 Å². The zero-order chi connectivity index (χ0) is 16.1. The van der Waals surface area contributed by atoms with Gasteiger partial charge in [0.2, 0.25) is 5.95 Å². The summed E-state index contributed by atoms with van der Waals surface area (Å²) in [6.45, 7) is 2.33. The fourth-order valence-corrected chi connectivity index (χ4v) is 1.98. The van der Waals surface area contributed by atoms with Gasteiger partial charge in [-0.3, -0.25) is 4.79 Å². The van der Waals surface area contributed by atoms with E-state index in [1.807, 2.05) is 31.2 Å². The molecule has 6 heteroatoms. The Kier molecular flexibility index (Phi) is 4.33. The Balaban J connectivity index is 1.66. The normalized spacial score (nSPS) is 10.3. The van der Waals surface area contributed by atoms with Crippen LogP contribution in [0.2, 0.25) is 0 Å². The molecule has 116 valence electrons. The summed E-state index contributed by atoms with van der Waals surface area (Å²) in [6.07, 6.45) is 3.11. The molecule has 1 amide bonds. The van der Waals surface area contributed by atoms with E-state index >= 15 is 0 Å². The molecule has 3 aromatic rings. The van der Waals surface area contributed by atoms with Gasteiger partial charge in [0.1, 0.15) is 11.5 Å². The summed E-state index contributed by atoms with van der Waals surface area (Å²) >= 11 is 0. The Morgan fingerprint density at radius 3 is 2.74 bits per heavy atom. The zero-order valence-electron chi connectivity index (χ0n) is 12.6. The number of anilines is 2. The largest absolute Gasteiger partial charge is 0.467 e. The second kappa shape index (κ2) is 6.74. The first-order valence-corrected chi connectivity index (χ1v) is 7.18. The summed E-state index contributed by atoms with van der Waals surface area (Å²) < 4.78 is 5.17. The quantitative estimate of drug-likeness (QED) is 0.757. The SMILES string of the molecule is Cc1ccc(Nc2nccc(C(=O)NCc3ccco3)n2)cc1. The standard InChI is InChI=1S/C17H16N4O2/c1-12-4-6-13(7-5-12)20-17-18-9-8-15(21-17)16(22)19-11-14-3-2-10-23-14/h2-10H,11H2,1H3,(H,19,22)(H,18,20,21). The number of benzene rings is 1.